The van der Waals surface area contributed by atoms with Crippen LogP contribution in [0, 0.1) is 11.3 Å². The van der Waals surface area contributed by atoms with Crippen LogP contribution in [-0.4, -0.2) is 50.2 Å². The van der Waals surface area contributed by atoms with Crippen molar-refractivity contribution in [3.05, 3.63) is 70.7 Å². The molecule has 1 aliphatic carbocycles. The first-order chi connectivity index (χ1) is 17.5. The quantitative estimate of drug-likeness (QED) is 0.682. The number of carbonyl (C=O) groups excluding carboxylic acids is 2. The Kier molecular flexibility index (Phi) is 6.40. The molecular weight excluding hydrogens is 466 g/mol. The number of furan rings is 1. The zero-order valence-corrected chi connectivity index (χ0v) is 19.7. The number of nitrogens with two attached hydrogens (primary N) is 1. The van der Waals surface area contributed by atoms with Gasteiger partial charge in [0, 0.05) is 37.4 Å². The number of ketones is 1. The molecule has 10 nitrogen and oxygen atoms in total. The van der Waals surface area contributed by atoms with Crippen molar-refractivity contribution < 1.29 is 33.0 Å². The molecule has 1 aromatic carbocycles. The van der Waals surface area contributed by atoms with E-state index >= 15 is 0 Å². The zero-order valence-electron chi connectivity index (χ0n) is 19.7. The average molecular weight is 492 g/mol. The van der Waals surface area contributed by atoms with Crippen LogP contribution in [0.3, 0.4) is 0 Å². The Hall–Kier alpha value is -4.23. The summed E-state index contributed by atoms with van der Waals surface area (Å²) in [6.45, 7) is 1.70. The van der Waals surface area contributed by atoms with E-state index in [1.807, 2.05) is 6.07 Å². The third-order valence-corrected chi connectivity index (χ3v) is 6.59. The maximum atomic E-state index is 13.4. The number of allylic oxidation sites excluding steroid dienone is 3. The summed E-state index contributed by atoms with van der Waals surface area (Å²) in [5.74, 6) is 0.433. The van der Waals surface area contributed by atoms with Crippen LogP contribution in [0.4, 0.5) is 4.79 Å². The molecule has 10 heteroatoms. The maximum Gasteiger partial charge on any atom is 0.415 e. The minimum Gasteiger partial charge on any atom is -0.493 e. The van der Waals surface area contributed by atoms with Gasteiger partial charge in [0.2, 0.25) is 5.88 Å². The minimum atomic E-state index is -0.768. The first kappa shape index (κ1) is 23.5. The highest BCUT2D eigenvalue weighted by Gasteiger charge is 2.41. The van der Waals surface area contributed by atoms with Gasteiger partial charge in [0.15, 0.2) is 17.3 Å². The number of ether oxygens (including phenoxy) is 4. The molecule has 2 aromatic rings. The Morgan fingerprint density at radius 1 is 1.19 bits per heavy atom. The Labute approximate surface area is 207 Å². The molecule has 0 spiro atoms. The normalized spacial score (nSPS) is 22.0. The van der Waals surface area contributed by atoms with Crippen molar-refractivity contribution in [2.45, 2.75) is 24.7 Å². The van der Waals surface area contributed by atoms with Crippen molar-refractivity contribution in [2.75, 3.05) is 33.4 Å². The fraction of sp³-hybridized carbons (Fsp3) is 0.346. The molecule has 1 saturated heterocycles. The molecule has 3 heterocycles. The van der Waals surface area contributed by atoms with Crippen molar-refractivity contribution in [1.29, 1.82) is 5.26 Å². The highest BCUT2D eigenvalue weighted by molar-refractivity contribution is 6.00. The molecule has 1 fully saturated rings. The van der Waals surface area contributed by atoms with Gasteiger partial charge in [-0.3, -0.25) is 4.79 Å². The van der Waals surface area contributed by atoms with E-state index in [9.17, 15) is 14.9 Å². The van der Waals surface area contributed by atoms with E-state index < -0.39 is 12.0 Å². The lowest BCUT2D eigenvalue weighted by Crippen LogP contribution is -2.42. The second kappa shape index (κ2) is 9.79. The first-order valence-electron chi connectivity index (χ1n) is 11.6. The van der Waals surface area contributed by atoms with Gasteiger partial charge in [0.05, 0.1) is 32.5 Å². The number of hydrogen-bond donors (Lipinski definition) is 1. The Bertz CT molecular complexity index is 1280. The topological polar surface area (TPSA) is 137 Å². The summed E-state index contributed by atoms with van der Waals surface area (Å²) in [5.41, 5.74) is 7.19. The summed E-state index contributed by atoms with van der Waals surface area (Å²) in [7, 11) is 1.47. The van der Waals surface area contributed by atoms with Gasteiger partial charge < -0.3 is 34.0 Å². The predicted octanol–water partition coefficient (Wildman–Crippen LogP) is 3.33. The van der Waals surface area contributed by atoms with Crippen LogP contribution in [0.1, 0.15) is 36.0 Å². The molecule has 2 atom stereocenters. The lowest BCUT2D eigenvalue weighted by atomic mass is 9.74. The van der Waals surface area contributed by atoms with Gasteiger partial charge in [-0.05, 0) is 29.8 Å². The second-order valence-electron chi connectivity index (χ2n) is 8.68. The van der Waals surface area contributed by atoms with Crippen molar-refractivity contribution in [3.8, 4) is 17.6 Å². The summed E-state index contributed by atoms with van der Waals surface area (Å²) < 4.78 is 27.6. The zero-order chi connectivity index (χ0) is 25.2. The van der Waals surface area contributed by atoms with Crippen molar-refractivity contribution >= 4 is 11.9 Å². The maximum absolute atomic E-state index is 13.4. The number of hydrogen-bond acceptors (Lipinski definition) is 9. The smallest absolute Gasteiger partial charge is 0.415 e. The lowest BCUT2D eigenvalue weighted by molar-refractivity contribution is -0.117. The van der Waals surface area contributed by atoms with Crippen LogP contribution in [0.2, 0.25) is 0 Å². The summed E-state index contributed by atoms with van der Waals surface area (Å²) in [6, 6.07) is 10.7. The Balaban J connectivity index is 1.51. The molecule has 0 bridgehead atoms. The lowest BCUT2D eigenvalue weighted by Gasteiger charge is -2.33. The third kappa shape index (κ3) is 4.29. The molecule has 1 aromatic heterocycles. The summed E-state index contributed by atoms with van der Waals surface area (Å²) in [4.78, 5) is 27.7. The van der Waals surface area contributed by atoms with Crippen LogP contribution in [0.15, 0.2) is 63.8 Å². The number of Topliss-reactive ketones (excluding diaryl/α,β-unsaturated/α-hetero) is 1. The van der Waals surface area contributed by atoms with Crippen LogP contribution >= 0.6 is 0 Å². The second-order valence-corrected chi connectivity index (χ2v) is 8.68. The van der Waals surface area contributed by atoms with E-state index in [1.54, 1.807) is 35.4 Å². The fourth-order valence-corrected chi connectivity index (χ4v) is 4.82. The number of rotatable bonds is 4. The molecule has 5 rings (SSSR count). The predicted molar refractivity (Wildman–Crippen MR) is 125 cm³/mol. The number of nitrogens with zero attached hydrogens (tertiary/aromatic N) is 2. The number of nitriles is 1. The van der Waals surface area contributed by atoms with Crippen LogP contribution in [0.25, 0.3) is 0 Å². The standard InChI is InChI=1S/C26H25N3O7/c1-32-20-5-4-15(12-21(20)36-26(31)29-6-9-33-10-7-29)23-17(14-27)25(28)35-22-13-16(11-18(30)24(22)23)19-3-2-8-34-19/h2-5,8,12,16,23H,6-7,9-11,13,28H2,1H3/t16-,23-/m0/s1. The van der Waals surface area contributed by atoms with Crippen LogP contribution < -0.4 is 15.2 Å². The largest absolute Gasteiger partial charge is 0.493 e. The number of amides is 1. The van der Waals surface area contributed by atoms with E-state index in [2.05, 4.69) is 6.07 Å². The minimum absolute atomic E-state index is 0.0585. The van der Waals surface area contributed by atoms with Gasteiger partial charge >= 0.3 is 6.09 Å². The summed E-state index contributed by atoms with van der Waals surface area (Å²) in [5, 5.41) is 9.91. The SMILES string of the molecule is COc1ccc([C@H]2C(C#N)=C(N)OC3=C2C(=O)C[C@H](c2ccco2)C3)cc1OC(=O)N1CCOCC1. The van der Waals surface area contributed by atoms with E-state index in [4.69, 9.17) is 29.1 Å². The molecule has 2 aliphatic heterocycles. The summed E-state index contributed by atoms with van der Waals surface area (Å²) in [6.07, 6.45) is 1.64. The van der Waals surface area contributed by atoms with Gasteiger partial charge in [0.25, 0.3) is 0 Å². The molecular formula is C26H25N3O7. The van der Waals surface area contributed by atoms with Crippen LogP contribution in [-0.2, 0) is 14.3 Å². The number of methoxy groups -OCH3 is 1. The molecule has 0 saturated carbocycles. The van der Waals surface area contributed by atoms with E-state index in [0.29, 0.717) is 61.1 Å². The molecule has 186 valence electrons. The van der Waals surface area contributed by atoms with E-state index in [1.165, 1.54) is 7.11 Å². The Morgan fingerprint density at radius 3 is 2.69 bits per heavy atom. The van der Waals surface area contributed by atoms with Crippen molar-refractivity contribution in [1.82, 2.24) is 4.90 Å². The Morgan fingerprint density at radius 2 is 2.00 bits per heavy atom. The van der Waals surface area contributed by atoms with Crippen LogP contribution in [0.5, 0.6) is 11.5 Å². The highest BCUT2D eigenvalue weighted by atomic mass is 16.6. The molecule has 36 heavy (non-hydrogen) atoms. The first-order valence-corrected chi connectivity index (χ1v) is 11.6. The molecule has 3 aliphatic rings. The number of carbonyl (C=O) groups is 2. The average Bonchev–Trinajstić information content (AvgIpc) is 3.43. The molecule has 0 unspecified atom stereocenters. The fourth-order valence-electron chi connectivity index (χ4n) is 4.82. The third-order valence-electron chi connectivity index (χ3n) is 6.59. The molecule has 1 amide bonds. The van der Waals surface area contributed by atoms with Crippen molar-refractivity contribution in [2.24, 2.45) is 5.73 Å². The van der Waals surface area contributed by atoms with Gasteiger partial charge in [-0.15, -0.1) is 0 Å². The van der Waals surface area contributed by atoms with Gasteiger partial charge in [0.1, 0.15) is 23.2 Å². The molecule has 0 radical (unpaired) electrons. The van der Waals surface area contributed by atoms with E-state index in [0.717, 1.165) is 0 Å². The van der Waals surface area contributed by atoms with E-state index in [-0.39, 0.29) is 35.3 Å². The van der Waals surface area contributed by atoms with Gasteiger partial charge in [-0.1, -0.05) is 6.07 Å². The monoisotopic (exact) mass is 491 g/mol. The number of morpholine rings is 1. The summed E-state index contributed by atoms with van der Waals surface area (Å²) >= 11 is 0. The van der Waals surface area contributed by atoms with Gasteiger partial charge in [-0.2, -0.15) is 5.26 Å². The highest BCUT2D eigenvalue weighted by Crippen LogP contribution is 2.47. The number of benzene rings is 1. The molecule has 2 N–H and O–H groups in total. The van der Waals surface area contributed by atoms with Crippen molar-refractivity contribution in [3.63, 3.8) is 0 Å². The van der Waals surface area contributed by atoms with Gasteiger partial charge in [-0.25, -0.2) is 4.79 Å².